The second kappa shape index (κ2) is 7.10. The lowest BCUT2D eigenvalue weighted by Crippen LogP contribution is -2.37. The zero-order valence-electron chi connectivity index (χ0n) is 11.3. The van der Waals surface area contributed by atoms with Gasteiger partial charge < -0.3 is 10.2 Å². The van der Waals surface area contributed by atoms with Crippen LogP contribution in [0.2, 0.25) is 5.02 Å². The maximum Gasteiger partial charge on any atom is 0.239 e. The van der Waals surface area contributed by atoms with Crippen molar-refractivity contribution in [2.24, 2.45) is 11.8 Å². The first-order valence-electron chi connectivity index (χ1n) is 5.91. The average molecular weight is 287 g/mol. The van der Waals surface area contributed by atoms with Crippen LogP contribution in [-0.2, 0) is 4.79 Å². The predicted octanol–water partition coefficient (Wildman–Crippen LogP) is 0.624. The molecule has 106 valence electrons. The second-order valence-corrected chi connectivity index (χ2v) is 4.97. The number of nitrogens with zero attached hydrogens (tertiary/aromatic N) is 3. The Balaban J connectivity index is 2.67. The number of amides is 1. The highest BCUT2D eigenvalue weighted by Gasteiger charge is 2.13. The molecule has 1 aromatic heterocycles. The van der Waals surface area contributed by atoms with Crippen LogP contribution in [0.4, 0.5) is 11.8 Å². The van der Waals surface area contributed by atoms with Gasteiger partial charge in [-0.05, 0) is 5.92 Å². The van der Waals surface area contributed by atoms with Gasteiger partial charge in [0.05, 0.1) is 12.7 Å². The Morgan fingerprint density at radius 1 is 1.58 bits per heavy atom. The molecule has 8 heteroatoms. The van der Waals surface area contributed by atoms with E-state index >= 15 is 0 Å². The SMILES string of the molecule is CC(C)CNC(=O)CN(C)c1nc(NN)ncc1Cl. The average Bonchev–Trinajstić information content (AvgIpc) is 2.36. The van der Waals surface area contributed by atoms with E-state index in [9.17, 15) is 4.79 Å². The van der Waals surface area contributed by atoms with Gasteiger partial charge >= 0.3 is 0 Å². The van der Waals surface area contributed by atoms with E-state index in [2.05, 4.69) is 20.7 Å². The Morgan fingerprint density at radius 3 is 2.84 bits per heavy atom. The molecule has 0 aliphatic heterocycles. The fraction of sp³-hybridized carbons (Fsp3) is 0.545. The molecular weight excluding hydrogens is 268 g/mol. The number of hydrogen-bond donors (Lipinski definition) is 3. The van der Waals surface area contributed by atoms with Gasteiger partial charge in [0.2, 0.25) is 11.9 Å². The highest BCUT2D eigenvalue weighted by molar-refractivity contribution is 6.32. The Hall–Kier alpha value is -1.60. The van der Waals surface area contributed by atoms with E-state index in [0.717, 1.165) is 0 Å². The second-order valence-electron chi connectivity index (χ2n) is 4.56. The van der Waals surface area contributed by atoms with Crippen molar-refractivity contribution < 1.29 is 4.79 Å². The molecule has 1 amide bonds. The van der Waals surface area contributed by atoms with Crippen LogP contribution in [-0.4, -0.2) is 36.0 Å². The van der Waals surface area contributed by atoms with Gasteiger partial charge in [0.25, 0.3) is 0 Å². The maximum absolute atomic E-state index is 11.7. The van der Waals surface area contributed by atoms with Crippen molar-refractivity contribution >= 4 is 29.3 Å². The molecule has 1 aromatic rings. The fourth-order valence-electron chi connectivity index (χ4n) is 1.36. The topological polar surface area (TPSA) is 96.2 Å². The van der Waals surface area contributed by atoms with Crippen LogP contribution in [0.5, 0.6) is 0 Å². The smallest absolute Gasteiger partial charge is 0.239 e. The predicted molar refractivity (Wildman–Crippen MR) is 76.0 cm³/mol. The largest absolute Gasteiger partial charge is 0.354 e. The molecule has 0 fully saturated rings. The molecule has 4 N–H and O–H groups in total. The van der Waals surface area contributed by atoms with Crippen LogP contribution in [0.3, 0.4) is 0 Å². The van der Waals surface area contributed by atoms with E-state index in [0.29, 0.717) is 23.3 Å². The van der Waals surface area contributed by atoms with E-state index in [1.807, 2.05) is 13.8 Å². The van der Waals surface area contributed by atoms with Gasteiger partial charge in [0.1, 0.15) is 5.02 Å². The number of nitrogen functional groups attached to an aromatic ring is 1. The van der Waals surface area contributed by atoms with Crippen molar-refractivity contribution in [3.8, 4) is 0 Å². The molecule has 0 saturated heterocycles. The summed E-state index contributed by atoms with van der Waals surface area (Å²) in [5.74, 6) is 6.25. The lowest BCUT2D eigenvalue weighted by atomic mass is 10.2. The Labute approximate surface area is 117 Å². The maximum atomic E-state index is 11.7. The molecular formula is C11H19ClN6O. The van der Waals surface area contributed by atoms with E-state index in [-0.39, 0.29) is 18.4 Å². The minimum atomic E-state index is -0.0897. The standard InChI is InChI=1S/C11H19ClN6O/c1-7(2)4-14-9(19)6-18(3)10-8(12)5-15-11(16-10)17-13/h5,7H,4,6,13H2,1-3H3,(H,14,19)(H,15,16,17). The Bertz CT molecular complexity index is 439. The molecule has 0 atom stereocenters. The summed E-state index contributed by atoms with van der Waals surface area (Å²) in [7, 11) is 1.73. The van der Waals surface area contributed by atoms with E-state index in [1.54, 1.807) is 11.9 Å². The number of carbonyl (C=O) groups is 1. The van der Waals surface area contributed by atoms with Crippen molar-refractivity contribution in [1.29, 1.82) is 0 Å². The summed E-state index contributed by atoms with van der Waals surface area (Å²) in [4.78, 5) is 21.3. The lowest BCUT2D eigenvalue weighted by molar-refractivity contribution is -0.119. The van der Waals surface area contributed by atoms with E-state index in [1.165, 1.54) is 6.20 Å². The van der Waals surface area contributed by atoms with Gasteiger partial charge in [-0.15, -0.1) is 0 Å². The number of halogens is 1. The van der Waals surface area contributed by atoms with Crippen LogP contribution in [0.1, 0.15) is 13.8 Å². The van der Waals surface area contributed by atoms with Gasteiger partial charge in [-0.2, -0.15) is 4.98 Å². The summed E-state index contributed by atoms with van der Waals surface area (Å²) < 4.78 is 0. The van der Waals surface area contributed by atoms with Crippen molar-refractivity contribution in [3.63, 3.8) is 0 Å². The molecule has 0 saturated carbocycles. The zero-order chi connectivity index (χ0) is 14.4. The lowest BCUT2D eigenvalue weighted by Gasteiger charge is -2.19. The number of nitrogens with one attached hydrogen (secondary N) is 2. The van der Waals surface area contributed by atoms with Gasteiger partial charge in [0.15, 0.2) is 5.82 Å². The number of carbonyl (C=O) groups excluding carboxylic acids is 1. The monoisotopic (exact) mass is 286 g/mol. The number of nitrogens with two attached hydrogens (primary N) is 1. The number of likely N-dealkylation sites (N-methyl/N-ethyl adjacent to an activating group) is 1. The molecule has 0 aliphatic carbocycles. The summed E-state index contributed by atoms with van der Waals surface area (Å²) in [5, 5.41) is 3.18. The molecule has 0 bridgehead atoms. The third kappa shape index (κ3) is 4.88. The van der Waals surface area contributed by atoms with Crippen LogP contribution < -0.4 is 21.5 Å². The Morgan fingerprint density at radius 2 is 2.26 bits per heavy atom. The Kier molecular flexibility index (Phi) is 5.78. The summed E-state index contributed by atoms with van der Waals surface area (Å²) in [6.07, 6.45) is 1.43. The van der Waals surface area contributed by atoms with Gasteiger partial charge in [-0.1, -0.05) is 25.4 Å². The number of anilines is 2. The molecule has 0 spiro atoms. The van der Waals surface area contributed by atoms with Crippen LogP contribution in [0.15, 0.2) is 6.20 Å². The van der Waals surface area contributed by atoms with Gasteiger partial charge in [-0.25, -0.2) is 10.8 Å². The number of rotatable bonds is 6. The first-order chi connectivity index (χ1) is 8.93. The van der Waals surface area contributed by atoms with Crippen LogP contribution in [0, 0.1) is 5.92 Å². The first-order valence-corrected chi connectivity index (χ1v) is 6.28. The normalized spacial score (nSPS) is 10.4. The third-order valence-corrected chi connectivity index (χ3v) is 2.57. The van der Waals surface area contributed by atoms with E-state index < -0.39 is 0 Å². The molecule has 0 radical (unpaired) electrons. The minimum absolute atomic E-state index is 0.0897. The molecule has 0 aromatic carbocycles. The first kappa shape index (κ1) is 15.5. The highest BCUT2D eigenvalue weighted by Crippen LogP contribution is 2.22. The van der Waals surface area contributed by atoms with Gasteiger partial charge in [-0.3, -0.25) is 10.2 Å². The molecule has 19 heavy (non-hydrogen) atoms. The van der Waals surface area contributed by atoms with Crippen molar-refractivity contribution in [1.82, 2.24) is 15.3 Å². The summed E-state index contributed by atoms with van der Waals surface area (Å²) >= 11 is 5.99. The van der Waals surface area contributed by atoms with Crippen molar-refractivity contribution in [3.05, 3.63) is 11.2 Å². The third-order valence-electron chi connectivity index (χ3n) is 2.30. The fourth-order valence-corrected chi connectivity index (χ4v) is 1.59. The molecule has 1 rings (SSSR count). The van der Waals surface area contributed by atoms with Crippen molar-refractivity contribution in [2.45, 2.75) is 13.8 Å². The number of hydrazine groups is 1. The summed E-state index contributed by atoms with van der Waals surface area (Å²) in [6, 6.07) is 0. The number of hydrogen-bond acceptors (Lipinski definition) is 6. The van der Waals surface area contributed by atoms with Crippen molar-refractivity contribution in [2.75, 3.05) is 30.5 Å². The zero-order valence-corrected chi connectivity index (χ0v) is 12.0. The van der Waals surface area contributed by atoms with Gasteiger partial charge in [0, 0.05) is 13.6 Å². The number of aromatic nitrogens is 2. The van der Waals surface area contributed by atoms with Crippen LogP contribution in [0.25, 0.3) is 0 Å². The minimum Gasteiger partial charge on any atom is -0.354 e. The quantitative estimate of drug-likeness (QED) is 0.524. The summed E-state index contributed by atoms with van der Waals surface area (Å²) in [6.45, 7) is 4.86. The molecule has 0 aliphatic rings. The highest BCUT2D eigenvalue weighted by atomic mass is 35.5. The molecule has 7 nitrogen and oxygen atoms in total. The molecule has 0 unspecified atom stereocenters. The molecule has 1 heterocycles. The van der Waals surface area contributed by atoms with Crippen LogP contribution >= 0.6 is 11.6 Å². The van der Waals surface area contributed by atoms with E-state index in [4.69, 9.17) is 17.4 Å². The summed E-state index contributed by atoms with van der Waals surface area (Å²) in [5.41, 5.74) is 2.33.